The third kappa shape index (κ3) is 6.09. The first-order valence-corrected chi connectivity index (χ1v) is 20.0. The number of hydrogen-bond acceptors (Lipinski definition) is 4. The molecule has 0 amide bonds. The lowest BCUT2D eigenvalue weighted by atomic mass is 9.83. The lowest BCUT2D eigenvalue weighted by Crippen LogP contribution is -2.28. The fourth-order valence-electron chi connectivity index (χ4n) is 8.37. The quantitative estimate of drug-likeness (QED) is 0.164. The Morgan fingerprint density at radius 3 is 2.22 bits per heavy atom. The Morgan fingerprint density at radius 2 is 1.40 bits per heavy atom. The summed E-state index contributed by atoms with van der Waals surface area (Å²) in [6, 6.07) is 54.8. The van der Waals surface area contributed by atoms with Crippen molar-refractivity contribution >= 4 is 32.1 Å². The smallest absolute Gasteiger partial charge is 0.159 e. The van der Waals surface area contributed by atoms with Gasteiger partial charge in [-0.1, -0.05) is 151 Å². The van der Waals surface area contributed by atoms with E-state index in [1.54, 1.807) is 0 Å². The summed E-state index contributed by atoms with van der Waals surface area (Å²) in [5.74, 6) is 0.724. The SMILES string of the molecule is Cc1ccccc1N1c2sc3ccccc3c2-c2cc(-c3cccc(-c4cnc(-c5ccccc5)nc4-c4ccccc4)c3)ccc2C1CC1=CC=CCC1. The number of rotatable bonds is 7. The highest BCUT2D eigenvalue weighted by Gasteiger charge is 2.36. The van der Waals surface area contributed by atoms with Gasteiger partial charge in [0.15, 0.2) is 5.82 Å². The first-order chi connectivity index (χ1) is 27.2. The van der Waals surface area contributed by atoms with Crippen LogP contribution in [0.25, 0.3) is 66.1 Å². The van der Waals surface area contributed by atoms with Gasteiger partial charge in [0.2, 0.25) is 0 Å². The number of benzene rings is 6. The molecule has 8 aromatic rings. The molecular formula is C51H39N3S. The zero-order valence-electron chi connectivity index (χ0n) is 30.7. The molecule has 1 unspecified atom stereocenters. The second-order valence-electron chi connectivity index (χ2n) is 14.5. The predicted octanol–water partition coefficient (Wildman–Crippen LogP) is 14.2. The van der Waals surface area contributed by atoms with E-state index in [0.717, 1.165) is 53.0 Å². The summed E-state index contributed by atoms with van der Waals surface area (Å²) in [6.07, 6.45) is 12.1. The molecule has 0 N–H and O–H groups in total. The van der Waals surface area contributed by atoms with E-state index >= 15 is 0 Å². The Bertz CT molecular complexity index is 2760. The Labute approximate surface area is 326 Å². The fourth-order valence-corrected chi connectivity index (χ4v) is 9.65. The molecular weight excluding hydrogens is 687 g/mol. The summed E-state index contributed by atoms with van der Waals surface area (Å²) in [5.41, 5.74) is 15.6. The van der Waals surface area contributed by atoms with E-state index in [4.69, 9.17) is 9.97 Å². The molecule has 4 heteroatoms. The third-order valence-corrected chi connectivity index (χ3v) is 12.3. The highest BCUT2D eigenvalue weighted by Crippen LogP contribution is 2.57. The molecule has 6 aromatic carbocycles. The minimum atomic E-state index is 0.170. The molecule has 0 fully saturated rings. The number of fused-ring (bicyclic) bond motifs is 5. The Kier molecular flexibility index (Phi) is 8.54. The van der Waals surface area contributed by atoms with Crippen molar-refractivity contribution in [1.29, 1.82) is 0 Å². The number of aromatic nitrogens is 2. The van der Waals surface area contributed by atoms with Gasteiger partial charge in [0.05, 0.1) is 11.7 Å². The van der Waals surface area contributed by atoms with Gasteiger partial charge in [0.25, 0.3) is 0 Å². The maximum atomic E-state index is 5.17. The average molecular weight is 726 g/mol. The van der Waals surface area contributed by atoms with Crippen molar-refractivity contribution in [3.63, 3.8) is 0 Å². The molecule has 2 aromatic heterocycles. The van der Waals surface area contributed by atoms with Gasteiger partial charge >= 0.3 is 0 Å². The van der Waals surface area contributed by atoms with Crippen LogP contribution in [0.15, 0.2) is 182 Å². The van der Waals surface area contributed by atoms with Crippen LogP contribution in [0.1, 0.15) is 36.4 Å². The largest absolute Gasteiger partial charge is 0.325 e. The van der Waals surface area contributed by atoms with Crippen LogP contribution in [-0.2, 0) is 0 Å². The zero-order chi connectivity index (χ0) is 36.7. The van der Waals surface area contributed by atoms with Crippen molar-refractivity contribution in [2.45, 2.75) is 32.2 Å². The van der Waals surface area contributed by atoms with Crippen LogP contribution in [-0.4, -0.2) is 9.97 Å². The molecule has 0 radical (unpaired) electrons. The van der Waals surface area contributed by atoms with Crippen molar-refractivity contribution in [2.75, 3.05) is 4.90 Å². The molecule has 0 saturated carbocycles. The summed E-state index contributed by atoms with van der Waals surface area (Å²) in [5, 5.41) is 2.64. The van der Waals surface area contributed by atoms with Gasteiger partial charge in [0, 0.05) is 44.2 Å². The second kappa shape index (κ2) is 14.1. The Hall–Kier alpha value is -6.36. The maximum absolute atomic E-state index is 5.17. The topological polar surface area (TPSA) is 29.0 Å². The monoisotopic (exact) mass is 725 g/mol. The number of thiophene rings is 1. The lowest BCUT2D eigenvalue weighted by Gasteiger charge is -2.40. The number of nitrogens with zero attached hydrogens (tertiary/aromatic N) is 3. The van der Waals surface area contributed by atoms with Crippen molar-refractivity contribution in [3.05, 3.63) is 193 Å². The molecule has 264 valence electrons. The van der Waals surface area contributed by atoms with Crippen molar-refractivity contribution < 1.29 is 0 Å². The van der Waals surface area contributed by atoms with Gasteiger partial charge in [-0.15, -0.1) is 11.3 Å². The van der Waals surface area contributed by atoms with E-state index in [-0.39, 0.29) is 6.04 Å². The van der Waals surface area contributed by atoms with Crippen LogP contribution in [0.5, 0.6) is 0 Å². The number of aryl methyl sites for hydroxylation is 1. The van der Waals surface area contributed by atoms with Gasteiger partial charge < -0.3 is 4.90 Å². The first-order valence-electron chi connectivity index (χ1n) is 19.1. The summed E-state index contributed by atoms with van der Waals surface area (Å²) in [6.45, 7) is 2.25. The lowest BCUT2D eigenvalue weighted by molar-refractivity contribution is 0.664. The molecule has 3 nitrogen and oxygen atoms in total. The maximum Gasteiger partial charge on any atom is 0.159 e. The van der Waals surface area contributed by atoms with Crippen LogP contribution >= 0.6 is 11.3 Å². The second-order valence-corrected chi connectivity index (χ2v) is 15.5. The van der Waals surface area contributed by atoms with E-state index in [1.165, 1.54) is 59.7 Å². The highest BCUT2D eigenvalue weighted by molar-refractivity contribution is 7.23. The van der Waals surface area contributed by atoms with E-state index in [1.807, 2.05) is 35.7 Å². The van der Waals surface area contributed by atoms with Crippen molar-refractivity contribution in [2.24, 2.45) is 0 Å². The molecule has 10 rings (SSSR count). The summed E-state index contributed by atoms with van der Waals surface area (Å²) >= 11 is 1.92. The van der Waals surface area contributed by atoms with Gasteiger partial charge in [-0.05, 0) is 83.8 Å². The Balaban J connectivity index is 1.13. The minimum absolute atomic E-state index is 0.170. The average Bonchev–Trinajstić information content (AvgIpc) is 3.64. The minimum Gasteiger partial charge on any atom is -0.325 e. The van der Waals surface area contributed by atoms with Crippen LogP contribution < -0.4 is 4.90 Å². The number of hydrogen-bond donors (Lipinski definition) is 0. The van der Waals surface area contributed by atoms with Crippen LogP contribution in [0, 0.1) is 6.92 Å². The summed E-state index contributed by atoms with van der Waals surface area (Å²) in [7, 11) is 0. The molecule has 1 aliphatic heterocycles. The van der Waals surface area contributed by atoms with Gasteiger partial charge in [0.1, 0.15) is 5.00 Å². The Morgan fingerprint density at radius 1 is 0.673 bits per heavy atom. The van der Waals surface area contributed by atoms with E-state index < -0.39 is 0 Å². The molecule has 0 spiro atoms. The molecule has 1 aliphatic carbocycles. The number of anilines is 2. The zero-order valence-corrected chi connectivity index (χ0v) is 31.5. The molecule has 3 heterocycles. The van der Waals surface area contributed by atoms with Crippen LogP contribution in [0.3, 0.4) is 0 Å². The molecule has 0 bridgehead atoms. The fraction of sp³-hybridized carbons (Fsp3) is 0.0980. The molecule has 55 heavy (non-hydrogen) atoms. The van der Waals surface area contributed by atoms with Gasteiger partial charge in [-0.2, -0.15) is 0 Å². The van der Waals surface area contributed by atoms with E-state index in [2.05, 4.69) is 164 Å². The number of allylic oxidation sites excluding steroid dienone is 3. The van der Waals surface area contributed by atoms with Crippen molar-refractivity contribution in [1.82, 2.24) is 9.97 Å². The summed E-state index contributed by atoms with van der Waals surface area (Å²) < 4.78 is 1.32. The predicted molar refractivity (Wildman–Crippen MR) is 232 cm³/mol. The normalized spacial score (nSPS) is 14.7. The molecule has 2 aliphatic rings. The van der Waals surface area contributed by atoms with Crippen LogP contribution in [0.4, 0.5) is 10.7 Å². The molecule has 1 atom stereocenters. The third-order valence-electron chi connectivity index (χ3n) is 11.1. The van der Waals surface area contributed by atoms with E-state index in [9.17, 15) is 0 Å². The van der Waals surface area contributed by atoms with Crippen molar-refractivity contribution in [3.8, 4) is 56.0 Å². The van der Waals surface area contributed by atoms with Crippen LogP contribution in [0.2, 0.25) is 0 Å². The van der Waals surface area contributed by atoms with Gasteiger partial charge in [-0.25, -0.2) is 9.97 Å². The summed E-state index contributed by atoms with van der Waals surface area (Å²) in [4.78, 5) is 12.7. The highest BCUT2D eigenvalue weighted by atomic mass is 32.1. The first kappa shape index (κ1) is 33.2. The van der Waals surface area contributed by atoms with Gasteiger partial charge in [-0.3, -0.25) is 0 Å². The number of para-hydroxylation sites is 1. The standard InChI is InChI=1S/C51H39N3S/c1-34-16-11-13-26-45(34)54-46(30-35-17-5-2-6-18-35)41-29-28-39(32-43(41)48-42-25-12-14-27-47(42)55-51(48)54)38-23-15-24-40(31-38)44-33-52-50(37-21-9-4-10-22-37)53-49(44)36-19-7-3-8-20-36/h2-5,7-17,19-29,31-33,46H,6,18,30H2,1H3. The van der Waals surface area contributed by atoms with E-state index in [0.29, 0.717) is 0 Å². The molecule has 0 saturated heterocycles.